The second-order valence-corrected chi connectivity index (χ2v) is 13.5. The number of rotatable bonds is 6. The number of imidazole rings is 1. The molecule has 3 aliphatic rings. The highest BCUT2D eigenvalue weighted by Crippen LogP contribution is 2.36. The summed E-state index contributed by atoms with van der Waals surface area (Å²) in [7, 11) is -1.46. The van der Waals surface area contributed by atoms with Gasteiger partial charge in [-0.05, 0) is 43.1 Å². The van der Waals surface area contributed by atoms with Gasteiger partial charge >= 0.3 is 0 Å². The zero-order valence-electron chi connectivity index (χ0n) is 21.5. The fourth-order valence-corrected chi connectivity index (χ4v) is 8.42. The number of hydrogen-bond donors (Lipinski definition) is 0. The number of likely N-dealkylation sites (N-methyl/N-ethyl adjacent to an activating group) is 1. The Hall–Kier alpha value is -2.82. The largest absolute Gasteiger partial charge is 0.345 e. The number of hydrogen-bond acceptors (Lipinski definition) is 9. The summed E-state index contributed by atoms with van der Waals surface area (Å²) in [5.41, 5.74) is 4.30. The Labute approximate surface area is 227 Å². The van der Waals surface area contributed by atoms with E-state index in [4.69, 9.17) is 0 Å². The molecule has 4 heterocycles. The molecule has 2 aliphatic heterocycles. The first kappa shape index (κ1) is 25.5. The van der Waals surface area contributed by atoms with Crippen LogP contribution in [-0.4, -0.2) is 96.5 Å². The third-order valence-electron chi connectivity index (χ3n) is 7.96. The lowest BCUT2D eigenvalue weighted by Gasteiger charge is -2.34. The molecule has 0 radical (unpaired) electrons. The number of thiazole rings is 1. The van der Waals surface area contributed by atoms with Crippen LogP contribution >= 0.6 is 11.3 Å². The van der Waals surface area contributed by atoms with E-state index in [1.165, 1.54) is 28.7 Å². The van der Waals surface area contributed by atoms with Gasteiger partial charge in [0.2, 0.25) is 0 Å². The van der Waals surface area contributed by atoms with E-state index in [-0.39, 0.29) is 6.04 Å². The number of sulfonamides is 1. The molecule has 0 amide bonds. The molecule has 200 valence electrons. The van der Waals surface area contributed by atoms with Crippen LogP contribution < -0.4 is 4.90 Å². The predicted octanol–water partition coefficient (Wildman–Crippen LogP) is 2.01. The second-order valence-electron chi connectivity index (χ2n) is 10.3. The number of aromatic nitrogens is 3. The summed E-state index contributed by atoms with van der Waals surface area (Å²) in [6, 6.07) is 8.41. The third kappa shape index (κ3) is 4.85. The molecule has 12 heteroatoms. The molecule has 1 atom stereocenters. The van der Waals surface area contributed by atoms with E-state index < -0.39 is 10.0 Å². The number of nitrogens with zero attached hydrogens (tertiary/aromatic N) is 8. The fourth-order valence-electron chi connectivity index (χ4n) is 5.67. The van der Waals surface area contributed by atoms with Crippen molar-refractivity contribution in [2.75, 3.05) is 64.3 Å². The summed E-state index contributed by atoms with van der Waals surface area (Å²) >= 11 is 1.28. The lowest BCUT2D eigenvalue weighted by Crippen LogP contribution is -2.48. The Morgan fingerprint density at radius 1 is 1.08 bits per heavy atom. The standard InChI is InChI=1S/C26H32N8O2S2/c1-30-6-10-32(11-7-30)26-29-17-25(37-26)38(35,36)33-12-8-31(9-13-33)18-22-16-28-19-34(22)24-5-4-21-3-2-20(15-27)14-23(21)24/h2-3,14,16-17,19,24H,4-13,18H2,1H3/t24-/m0/s1. The number of benzene rings is 1. The van der Waals surface area contributed by atoms with E-state index in [2.05, 4.69) is 48.4 Å². The molecule has 1 aliphatic carbocycles. The minimum absolute atomic E-state index is 0.179. The van der Waals surface area contributed by atoms with E-state index in [1.807, 2.05) is 24.7 Å². The van der Waals surface area contributed by atoms with Gasteiger partial charge in [0, 0.05) is 65.1 Å². The summed E-state index contributed by atoms with van der Waals surface area (Å²) in [6.07, 6.45) is 7.30. The van der Waals surface area contributed by atoms with Gasteiger partial charge in [-0.1, -0.05) is 17.4 Å². The Balaban J connectivity index is 1.09. The molecule has 0 bridgehead atoms. The molecule has 38 heavy (non-hydrogen) atoms. The van der Waals surface area contributed by atoms with Crippen LogP contribution in [0.5, 0.6) is 0 Å². The molecule has 1 aromatic carbocycles. The molecule has 2 fully saturated rings. The molecule has 0 spiro atoms. The maximum Gasteiger partial charge on any atom is 0.254 e. The maximum absolute atomic E-state index is 13.4. The normalized spacial score (nSPS) is 21.5. The zero-order valence-corrected chi connectivity index (χ0v) is 23.2. The first-order valence-electron chi connectivity index (χ1n) is 13.1. The summed E-state index contributed by atoms with van der Waals surface area (Å²) in [4.78, 5) is 15.6. The highest BCUT2D eigenvalue weighted by Gasteiger charge is 2.32. The van der Waals surface area contributed by atoms with E-state index >= 15 is 0 Å². The molecule has 0 saturated carbocycles. The van der Waals surface area contributed by atoms with Crippen molar-refractivity contribution in [1.82, 2.24) is 28.6 Å². The minimum Gasteiger partial charge on any atom is -0.345 e. The van der Waals surface area contributed by atoms with Gasteiger partial charge in [0.1, 0.15) is 0 Å². The average Bonchev–Trinajstić information content (AvgIpc) is 3.69. The van der Waals surface area contributed by atoms with Crippen LogP contribution in [0.25, 0.3) is 0 Å². The summed E-state index contributed by atoms with van der Waals surface area (Å²) in [5.74, 6) is 0. The molecule has 2 saturated heterocycles. The van der Waals surface area contributed by atoms with Gasteiger partial charge in [0.15, 0.2) is 9.34 Å². The Morgan fingerprint density at radius 3 is 2.63 bits per heavy atom. The van der Waals surface area contributed by atoms with Gasteiger partial charge in [-0.25, -0.2) is 18.4 Å². The van der Waals surface area contributed by atoms with Gasteiger partial charge < -0.3 is 14.4 Å². The first-order valence-corrected chi connectivity index (χ1v) is 15.3. The minimum atomic E-state index is -3.56. The van der Waals surface area contributed by atoms with Gasteiger partial charge in [-0.2, -0.15) is 9.57 Å². The van der Waals surface area contributed by atoms with Gasteiger partial charge in [0.05, 0.1) is 35.9 Å². The van der Waals surface area contributed by atoms with Crippen molar-refractivity contribution in [2.24, 2.45) is 0 Å². The molecule has 6 rings (SSSR count). The van der Waals surface area contributed by atoms with Crippen LogP contribution in [0, 0.1) is 11.3 Å². The van der Waals surface area contributed by atoms with Crippen LogP contribution in [0.3, 0.4) is 0 Å². The summed E-state index contributed by atoms with van der Waals surface area (Å²) in [6.45, 7) is 6.59. The van der Waals surface area contributed by atoms with Crippen molar-refractivity contribution < 1.29 is 8.42 Å². The van der Waals surface area contributed by atoms with E-state index in [0.29, 0.717) is 42.5 Å². The van der Waals surface area contributed by atoms with Crippen LogP contribution in [0.2, 0.25) is 0 Å². The van der Waals surface area contributed by atoms with Crippen LogP contribution in [-0.2, 0) is 23.0 Å². The lowest BCUT2D eigenvalue weighted by atomic mass is 10.0. The maximum atomic E-state index is 13.4. The third-order valence-corrected chi connectivity index (χ3v) is 11.4. The SMILES string of the molecule is CN1CCN(c2ncc(S(=O)(=O)N3CCN(Cc4cncn4[C@H]4CCc5ccc(C#N)cc54)CC3)s2)CC1. The smallest absolute Gasteiger partial charge is 0.254 e. The monoisotopic (exact) mass is 552 g/mol. The van der Waals surface area contributed by atoms with Gasteiger partial charge in [-0.15, -0.1) is 0 Å². The van der Waals surface area contributed by atoms with Crippen molar-refractivity contribution in [3.63, 3.8) is 0 Å². The van der Waals surface area contributed by atoms with Crippen LogP contribution in [0.4, 0.5) is 5.13 Å². The second kappa shape index (κ2) is 10.4. The number of anilines is 1. The van der Waals surface area contributed by atoms with Gasteiger partial charge in [0.25, 0.3) is 10.0 Å². The van der Waals surface area contributed by atoms with Crippen molar-refractivity contribution in [1.29, 1.82) is 5.26 Å². The molecule has 10 nitrogen and oxygen atoms in total. The fraction of sp³-hybridized carbons (Fsp3) is 0.500. The first-order chi connectivity index (χ1) is 18.4. The van der Waals surface area contributed by atoms with Gasteiger partial charge in [-0.3, -0.25) is 4.90 Å². The number of aryl methyl sites for hydroxylation is 1. The van der Waals surface area contributed by atoms with E-state index in [0.717, 1.165) is 49.8 Å². The summed E-state index contributed by atoms with van der Waals surface area (Å²) in [5, 5.41) is 10.1. The summed E-state index contributed by atoms with van der Waals surface area (Å²) < 4.78 is 30.9. The lowest BCUT2D eigenvalue weighted by molar-refractivity contribution is 0.177. The molecule has 0 unspecified atom stereocenters. The molecular formula is C26H32N8O2S2. The Kier molecular flexibility index (Phi) is 6.96. The number of nitriles is 1. The molecule has 3 aromatic rings. The van der Waals surface area contributed by atoms with Crippen LogP contribution in [0.1, 0.15) is 34.8 Å². The van der Waals surface area contributed by atoms with Crippen molar-refractivity contribution in [3.05, 3.63) is 59.3 Å². The quantitative estimate of drug-likeness (QED) is 0.458. The highest BCUT2D eigenvalue weighted by molar-refractivity contribution is 7.91. The molecule has 2 aromatic heterocycles. The molecular weight excluding hydrogens is 520 g/mol. The van der Waals surface area contributed by atoms with Crippen molar-refractivity contribution in [2.45, 2.75) is 29.6 Å². The van der Waals surface area contributed by atoms with E-state index in [9.17, 15) is 13.7 Å². The Morgan fingerprint density at radius 2 is 1.87 bits per heavy atom. The number of fused-ring (bicyclic) bond motifs is 1. The van der Waals surface area contributed by atoms with Crippen molar-refractivity contribution in [3.8, 4) is 6.07 Å². The van der Waals surface area contributed by atoms with Crippen molar-refractivity contribution >= 4 is 26.5 Å². The topological polar surface area (TPSA) is 102 Å². The van der Waals surface area contributed by atoms with E-state index in [1.54, 1.807) is 4.31 Å². The molecule has 0 N–H and O–H groups in total. The predicted molar refractivity (Wildman–Crippen MR) is 146 cm³/mol. The van der Waals surface area contributed by atoms with Crippen LogP contribution in [0.15, 0.2) is 41.1 Å². The number of piperazine rings is 2. The zero-order chi connectivity index (χ0) is 26.3. The highest BCUT2D eigenvalue weighted by atomic mass is 32.2. The average molecular weight is 553 g/mol. The Bertz CT molecular complexity index is 1440.